The van der Waals surface area contributed by atoms with Crippen molar-refractivity contribution in [3.63, 3.8) is 0 Å². The first-order chi connectivity index (χ1) is 14.8. The van der Waals surface area contributed by atoms with Crippen LogP contribution in [-0.4, -0.2) is 36.4 Å². The van der Waals surface area contributed by atoms with Crippen LogP contribution in [-0.2, 0) is 22.6 Å². The van der Waals surface area contributed by atoms with Crippen molar-refractivity contribution in [1.29, 1.82) is 0 Å². The van der Waals surface area contributed by atoms with Crippen molar-refractivity contribution in [2.45, 2.75) is 59.5 Å². The number of aryl methyl sites for hydroxylation is 2. The second-order valence-electron chi connectivity index (χ2n) is 8.42. The molecule has 5 heteroatoms. The van der Waals surface area contributed by atoms with Crippen molar-refractivity contribution < 1.29 is 14.3 Å². The minimum atomic E-state index is -0.494. The van der Waals surface area contributed by atoms with E-state index >= 15 is 0 Å². The van der Waals surface area contributed by atoms with Gasteiger partial charge in [0.2, 0.25) is 11.8 Å². The van der Waals surface area contributed by atoms with Gasteiger partial charge in [-0.1, -0.05) is 62.7 Å². The summed E-state index contributed by atoms with van der Waals surface area (Å²) in [5.74, 6) is 1.02. The Hall–Kier alpha value is -2.82. The van der Waals surface area contributed by atoms with E-state index in [1.807, 2.05) is 38.1 Å². The topological polar surface area (TPSA) is 58.6 Å². The number of ether oxygens (including phenoxy) is 1. The Labute approximate surface area is 186 Å². The van der Waals surface area contributed by atoms with Gasteiger partial charge in [0.25, 0.3) is 0 Å². The highest BCUT2D eigenvalue weighted by Crippen LogP contribution is 2.18. The van der Waals surface area contributed by atoms with E-state index in [1.54, 1.807) is 12.0 Å². The van der Waals surface area contributed by atoms with E-state index < -0.39 is 6.04 Å². The Morgan fingerprint density at radius 1 is 1.00 bits per heavy atom. The molecule has 31 heavy (non-hydrogen) atoms. The smallest absolute Gasteiger partial charge is 0.242 e. The summed E-state index contributed by atoms with van der Waals surface area (Å²) < 4.78 is 5.23. The number of methoxy groups -OCH3 is 1. The van der Waals surface area contributed by atoms with Gasteiger partial charge in [0.1, 0.15) is 11.8 Å². The molecule has 0 radical (unpaired) electrons. The Morgan fingerprint density at radius 3 is 2.16 bits per heavy atom. The summed E-state index contributed by atoms with van der Waals surface area (Å²) in [5, 5.41) is 3.00. The molecule has 0 bridgehead atoms. The lowest BCUT2D eigenvalue weighted by Gasteiger charge is -2.31. The predicted octanol–water partition coefficient (Wildman–Crippen LogP) is 4.52. The van der Waals surface area contributed by atoms with Crippen molar-refractivity contribution in [2.24, 2.45) is 5.92 Å². The fourth-order valence-corrected chi connectivity index (χ4v) is 3.42. The van der Waals surface area contributed by atoms with Gasteiger partial charge in [-0.3, -0.25) is 9.59 Å². The van der Waals surface area contributed by atoms with Gasteiger partial charge in [-0.25, -0.2) is 0 Å². The summed E-state index contributed by atoms with van der Waals surface area (Å²) in [6.45, 7) is 9.11. The molecule has 0 aliphatic carbocycles. The van der Waals surface area contributed by atoms with Crippen LogP contribution in [0.25, 0.3) is 0 Å². The minimum absolute atomic E-state index is 0.0112. The van der Waals surface area contributed by atoms with E-state index in [4.69, 9.17) is 4.74 Å². The number of hydrogen-bond donors (Lipinski definition) is 1. The number of carbonyl (C=O) groups is 2. The Kier molecular flexibility index (Phi) is 9.57. The number of hydrogen-bond acceptors (Lipinski definition) is 3. The van der Waals surface area contributed by atoms with Gasteiger partial charge in [-0.15, -0.1) is 0 Å². The number of carbonyl (C=O) groups excluding carboxylic acids is 2. The standard InChI is InChI=1S/C26H36N2O3/c1-6-24(26(30)27-17-19(2)3)28(18-22-11-14-23(31-5)15-12-22)25(29)16-13-21-9-7-20(4)8-10-21/h7-12,14-15,19,24H,6,13,16-18H2,1-5H3,(H,27,30)/t24-/m1/s1. The molecule has 0 fully saturated rings. The highest BCUT2D eigenvalue weighted by Gasteiger charge is 2.28. The Balaban J connectivity index is 2.18. The largest absolute Gasteiger partial charge is 0.497 e. The third-order valence-electron chi connectivity index (χ3n) is 5.33. The van der Waals surface area contributed by atoms with E-state index in [0.29, 0.717) is 38.3 Å². The highest BCUT2D eigenvalue weighted by molar-refractivity contribution is 5.87. The molecular formula is C26H36N2O3. The number of benzene rings is 2. The lowest BCUT2D eigenvalue weighted by Crippen LogP contribution is -2.49. The molecule has 0 aliphatic rings. The SMILES string of the molecule is CC[C@H](C(=O)NCC(C)C)N(Cc1ccc(OC)cc1)C(=O)CCc1ccc(C)cc1. The van der Waals surface area contributed by atoms with Crippen molar-refractivity contribution in [3.05, 3.63) is 65.2 Å². The average Bonchev–Trinajstić information content (AvgIpc) is 2.77. The van der Waals surface area contributed by atoms with Crippen LogP contribution in [0.2, 0.25) is 0 Å². The maximum atomic E-state index is 13.3. The maximum Gasteiger partial charge on any atom is 0.242 e. The van der Waals surface area contributed by atoms with Crippen LogP contribution in [0.1, 0.15) is 50.3 Å². The van der Waals surface area contributed by atoms with Crippen LogP contribution >= 0.6 is 0 Å². The first kappa shape index (κ1) is 24.4. The number of rotatable bonds is 11. The Morgan fingerprint density at radius 2 is 1.61 bits per heavy atom. The molecule has 5 nitrogen and oxygen atoms in total. The molecule has 1 N–H and O–H groups in total. The monoisotopic (exact) mass is 424 g/mol. The highest BCUT2D eigenvalue weighted by atomic mass is 16.5. The van der Waals surface area contributed by atoms with Crippen LogP contribution in [0.15, 0.2) is 48.5 Å². The summed E-state index contributed by atoms with van der Waals surface area (Å²) in [5.41, 5.74) is 3.30. The zero-order chi connectivity index (χ0) is 22.8. The third kappa shape index (κ3) is 7.74. The molecule has 1 atom stereocenters. The van der Waals surface area contributed by atoms with Crippen LogP contribution in [0.4, 0.5) is 0 Å². The molecular weight excluding hydrogens is 388 g/mol. The zero-order valence-corrected chi connectivity index (χ0v) is 19.5. The van der Waals surface area contributed by atoms with Crippen LogP contribution in [0.3, 0.4) is 0 Å². The quantitative estimate of drug-likeness (QED) is 0.577. The second kappa shape index (κ2) is 12.1. The van der Waals surface area contributed by atoms with Gasteiger partial charge < -0.3 is 15.0 Å². The summed E-state index contributed by atoms with van der Waals surface area (Å²) in [4.78, 5) is 27.9. The normalized spacial score (nSPS) is 11.8. The van der Waals surface area contributed by atoms with Crippen molar-refractivity contribution >= 4 is 11.8 Å². The molecule has 0 aromatic heterocycles. The third-order valence-corrected chi connectivity index (χ3v) is 5.33. The molecule has 168 valence electrons. The van der Waals surface area contributed by atoms with Crippen LogP contribution < -0.4 is 10.1 Å². The maximum absolute atomic E-state index is 13.3. The van der Waals surface area contributed by atoms with Crippen molar-refractivity contribution in [1.82, 2.24) is 10.2 Å². The molecule has 2 amide bonds. The van der Waals surface area contributed by atoms with Crippen molar-refractivity contribution in [2.75, 3.05) is 13.7 Å². The molecule has 0 unspecified atom stereocenters. The van der Waals surface area contributed by atoms with E-state index in [9.17, 15) is 9.59 Å². The van der Waals surface area contributed by atoms with Crippen LogP contribution in [0, 0.1) is 12.8 Å². The fraction of sp³-hybridized carbons (Fsp3) is 0.462. The lowest BCUT2D eigenvalue weighted by atomic mass is 10.0. The van der Waals surface area contributed by atoms with Gasteiger partial charge in [0, 0.05) is 19.5 Å². The Bertz CT molecular complexity index is 829. The van der Waals surface area contributed by atoms with Gasteiger partial charge in [0.15, 0.2) is 0 Å². The summed E-state index contributed by atoms with van der Waals surface area (Å²) in [6.07, 6.45) is 1.59. The van der Waals surface area contributed by atoms with Crippen molar-refractivity contribution in [3.8, 4) is 5.75 Å². The number of nitrogens with zero attached hydrogens (tertiary/aromatic N) is 1. The first-order valence-electron chi connectivity index (χ1n) is 11.1. The molecule has 2 aromatic carbocycles. The van der Waals surface area contributed by atoms with Gasteiger partial charge in [-0.05, 0) is 48.9 Å². The van der Waals surface area contributed by atoms with E-state index in [1.165, 1.54) is 5.56 Å². The van der Waals surface area contributed by atoms with Gasteiger partial charge in [-0.2, -0.15) is 0 Å². The number of amides is 2. The average molecular weight is 425 g/mol. The summed E-state index contributed by atoms with van der Waals surface area (Å²) in [6, 6.07) is 15.4. The van der Waals surface area contributed by atoms with E-state index in [2.05, 4.69) is 43.4 Å². The lowest BCUT2D eigenvalue weighted by molar-refractivity contribution is -0.141. The predicted molar refractivity (Wildman–Crippen MR) is 125 cm³/mol. The molecule has 0 aliphatic heterocycles. The molecule has 0 spiro atoms. The summed E-state index contributed by atoms with van der Waals surface area (Å²) >= 11 is 0. The molecule has 0 saturated heterocycles. The first-order valence-corrected chi connectivity index (χ1v) is 11.1. The van der Waals surface area contributed by atoms with Crippen LogP contribution in [0.5, 0.6) is 5.75 Å². The summed E-state index contributed by atoms with van der Waals surface area (Å²) in [7, 11) is 1.63. The van der Waals surface area contributed by atoms with Gasteiger partial charge in [0.05, 0.1) is 7.11 Å². The molecule has 0 heterocycles. The fourth-order valence-electron chi connectivity index (χ4n) is 3.42. The van der Waals surface area contributed by atoms with Gasteiger partial charge >= 0.3 is 0 Å². The molecule has 0 saturated carbocycles. The van der Waals surface area contributed by atoms with E-state index in [-0.39, 0.29) is 11.8 Å². The van der Waals surface area contributed by atoms with E-state index in [0.717, 1.165) is 16.9 Å². The molecule has 2 rings (SSSR count). The minimum Gasteiger partial charge on any atom is -0.497 e. The zero-order valence-electron chi connectivity index (χ0n) is 19.5. The second-order valence-corrected chi connectivity index (χ2v) is 8.42. The number of nitrogens with one attached hydrogen (secondary N) is 1. The molecule has 2 aromatic rings.